The van der Waals surface area contributed by atoms with Gasteiger partial charge in [0.25, 0.3) is 0 Å². The van der Waals surface area contributed by atoms with E-state index in [0.717, 1.165) is 12.8 Å². The molecule has 0 heterocycles. The fraction of sp³-hybridized carbons (Fsp3) is 0.786. The summed E-state index contributed by atoms with van der Waals surface area (Å²) in [6.07, 6.45) is 6.92. The molecule has 0 spiro atoms. The van der Waals surface area contributed by atoms with Gasteiger partial charge in [-0.2, -0.15) is 0 Å². The van der Waals surface area contributed by atoms with Crippen LogP contribution < -0.4 is 0 Å². The first kappa shape index (κ1) is 13.1. The van der Waals surface area contributed by atoms with E-state index >= 15 is 0 Å². The summed E-state index contributed by atoms with van der Waals surface area (Å²) in [5, 5.41) is 0. The quantitative estimate of drug-likeness (QED) is 0.392. The van der Waals surface area contributed by atoms with Gasteiger partial charge in [-0.3, -0.25) is 4.79 Å². The van der Waals surface area contributed by atoms with Crippen LogP contribution in [0.2, 0.25) is 0 Å². The number of hydrogen-bond donors (Lipinski definition) is 0. The van der Waals surface area contributed by atoms with Gasteiger partial charge in [0.15, 0.2) is 0 Å². The van der Waals surface area contributed by atoms with Gasteiger partial charge in [-0.25, -0.2) is 0 Å². The predicted octanol–water partition coefficient (Wildman–Crippen LogP) is 3.16. The number of esters is 1. The Bertz CT molecular complexity index is 272. The highest BCUT2D eigenvalue weighted by Crippen LogP contribution is 2.38. The molecular formula is C14H22O2. The van der Waals surface area contributed by atoms with Crippen molar-refractivity contribution in [1.82, 2.24) is 0 Å². The van der Waals surface area contributed by atoms with Gasteiger partial charge in [0.2, 0.25) is 0 Å². The van der Waals surface area contributed by atoms with Crippen molar-refractivity contribution in [3.63, 3.8) is 0 Å². The fourth-order valence-electron chi connectivity index (χ4n) is 1.71. The van der Waals surface area contributed by atoms with Crippen molar-refractivity contribution in [1.29, 1.82) is 0 Å². The second-order valence-electron chi connectivity index (χ2n) is 4.33. The van der Waals surface area contributed by atoms with Gasteiger partial charge in [0.05, 0.1) is 12.5 Å². The lowest BCUT2D eigenvalue weighted by Gasteiger charge is -1.97. The molecular weight excluding hydrogens is 200 g/mol. The number of rotatable bonds is 6. The van der Waals surface area contributed by atoms with Crippen LogP contribution in [0.15, 0.2) is 0 Å². The first-order valence-corrected chi connectivity index (χ1v) is 6.44. The molecule has 0 saturated heterocycles. The van der Waals surface area contributed by atoms with Crippen molar-refractivity contribution in [2.45, 2.75) is 52.4 Å². The second kappa shape index (κ2) is 7.33. The Morgan fingerprint density at radius 3 is 2.81 bits per heavy atom. The number of carbonyl (C=O) groups excluding carboxylic acids is 1. The predicted molar refractivity (Wildman–Crippen MR) is 64.8 cm³/mol. The summed E-state index contributed by atoms with van der Waals surface area (Å²) in [6.45, 7) is 4.53. The van der Waals surface area contributed by atoms with Crippen LogP contribution in [0.4, 0.5) is 0 Å². The molecule has 90 valence electrons. The van der Waals surface area contributed by atoms with E-state index in [4.69, 9.17) is 4.74 Å². The summed E-state index contributed by atoms with van der Waals surface area (Å²) in [6, 6.07) is 0. The normalized spacial score (nSPS) is 22.1. The molecule has 0 radical (unpaired) electrons. The van der Waals surface area contributed by atoms with Crippen molar-refractivity contribution in [3.05, 3.63) is 0 Å². The third-order valence-electron chi connectivity index (χ3n) is 2.82. The van der Waals surface area contributed by atoms with E-state index in [0.29, 0.717) is 6.61 Å². The van der Waals surface area contributed by atoms with Crippen molar-refractivity contribution in [2.75, 3.05) is 6.61 Å². The molecule has 1 saturated carbocycles. The molecule has 0 aliphatic heterocycles. The van der Waals surface area contributed by atoms with Crippen LogP contribution in [0.1, 0.15) is 52.4 Å². The summed E-state index contributed by atoms with van der Waals surface area (Å²) < 4.78 is 4.95. The van der Waals surface area contributed by atoms with E-state index in [9.17, 15) is 4.79 Å². The molecule has 0 aromatic heterocycles. The largest absolute Gasteiger partial charge is 0.466 e. The van der Waals surface area contributed by atoms with E-state index in [1.54, 1.807) is 0 Å². The number of unbranched alkanes of at least 4 members (excludes halogenated alkanes) is 4. The minimum atomic E-state index is -0.0622. The highest BCUT2D eigenvalue weighted by atomic mass is 16.5. The Kier molecular flexibility index (Phi) is 6.00. The molecule has 0 aromatic rings. The van der Waals surface area contributed by atoms with Crippen LogP contribution in [0.3, 0.4) is 0 Å². The van der Waals surface area contributed by atoms with Crippen LogP contribution in [-0.2, 0) is 9.53 Å². The highest BCUT2D eigenvalue weighted by molar-refractivity contribution is 5.76. The Labute approximate surface area is 98.8 Å². The zero-order chi connectivity index (χ0) is 11.8. The lowest BCUT2D eigenvalue weighted by atomic mass is 10.1. The molecule has 1 aliphatic rings. The van der Waals surface area contributed by atoms with Crippen LogP contribution in [-0.4, -0.2) is 12.6 Å². The van der Waals surface area contributed by atoms with E-state index in [-0.39, 0.29) is 17.8 Å². The summed E-state index contributed by atoms with van der Waals surface area (Å²) in [7, 11) is 0. The maximum atomic E-state index is 11.3. The van der Waals surface area contributed by atoms with E-state index in [1.165, 1.54) is 25.7 Å². The molecule has 2 nitrogen and oxygen atoms in total. The zero-order valence-corrected chi connectivity index (χ0v) is 10.4. The van der Waals surface area contributed by atoms with Gasteiger partial charge in [0, 0.05) is 12.3 Å². The van der Waals surface area contributed by atoms with Crippen molar-refractivity contribution in [2.24, 2.45) is 11.8 Å². The molecule has 0 bridgehead atoms. The average molecular weight is 222 g/mol. The molecule has 1 fully saturated rings. The smallest absolute Gasteiger partial charge is 0.310 e. The molecule has 2 atom stereocenters. The van der Waals surface area contributed by atoms with Gasteiger partial charge in [-0.15, -0.1) is 5.92 Å². The van der Waals surface area contributed by atoms with Crippen LogP contribution in [0.5, 0.6) is 0 Å². The first-order valence-electron chi connectivity index (χ1n) is 6.44. The van der Waals surface area contributed by atoms with E-state index in [2.05, 4.69) is 18.8 Å². The minimum absolute atomic E-state index is 0.0622. The fourth-order valence-corrected chi connectivity index (χ4v) is 1.71. The molecule has 0 amide bonds. The van der Waals surface area contributed by atoms with Gasteiger partial charge >= 0.3 is 5.97 Å². The van der Waals surface area contributed by atoms with Gasteiger partial charge in [-0.05, 0) is 19.8 Å². The molecule has 1 rings (SSSR count). The summed E-state index contributed by atoms with van der Waals surface area (Å²) in [4.78, 5) is 11.3. The highest BCUT2D eigenvalue weighted by Gasteiger charge is 2.43. The molecule has 0 unspecified atom stereocenters. The third-order valence-corrected chi connectivity index (χ3v) is 2.82. The Hall–Kier alpha value is -0.970. The summed E-state index contributed by atoms with van der Waals surface area (Å²) in [5.74, 6) is 6.64. The lowest BCUT2D eigenvalue weighted by Crippen LogP contribution is -2.06. The Morgan fingerprint density at radius 1 is 1.31 bits per heavy atom. The maximum absolute atomic E-state index is 11.3. The standard InChI is InChI=1S/C14H22O2/c1-3-5-6-7-8-9-10-12-11-13(12)14(15)16-4-2/h12-13H,3-8,11H2,1-2H3/t12-,13+/m0/s1. The third kappa shape index (κ3) is 4.70. The van der Waals surface area contributed by atoms with Crippen LogP contribution in [0.25, 0.3) is 0 Å². The maximum Gasteiger partial charge on any atom is 0.310 e. The molecule has 1 aliphatic carbocycles. The van der Waals surface area contributed by atoms with Crippen LogP contribution in [0, 0.1) is 23.7 Å². The number of ether oxygens (including phenoxy) is 1. The van der Waals surface area contributed by atoms with Crippen molar-refractivity contribution in [3.8, 4) is 11.8 Å². The molecule has 16 heavy (non-hydrogen) atoms. The first-order chi connectivity index (χ1) is 7.79. The van der Waals surface area contributed by atoms with Crippen molar-refractivity contribution >= 4 is 5.97 Å². The van der Waals surface area contributed by atoms with Gasteiger partial charge < -0.3 is 4.74 Å². The summed E-state index contributed by atoms with van der Waals surface area (Å²) in [5.41, 5.74) is 0. The molecule has 0 aromatic carbocycles. The molecule has 0 N–H and O–H groups in total. The SMILES string of the molecule is CCCCCCC#C[C@H]1C[C@H]1C(=O)OCC. The minimum Gasteiger partial charge on any atom is -0.466 e. The Morgan fingerprint density at radius 2 is 2.12 bits per heavy atom. The zero-order valence-electron chi connectivity index (χ0n) is 10.4. The van der Waals surface area contributed by atoms with E-state index in [1.807, 2.05) is 6.92 Å². The van der Waals surface area contributed by atoms with E-state index < -0.39 is 0 Å². The second-order valence-corrected chi connectivity index (χ2v) is 4.33. The summed E-state index contributed by atoms with van der Waals surface area (Å²) >= 11 is 0. The van der Waals surface area contributed by atoms with Crippen LogP contribution >= 0.6 is 0 Å². The number of hydrogen-bond acceptors (Lipinski definition) is 2. The Balaban J connectivity index is 2.07. The van der Waals surface area contributed by atoms with Gasteiger partial charge in [0.1, 0.15) is 0 Å². The molecule has 2 heteroatoms. The van der Waals surface area contributed by atoms with Gasteiger partial charge in [-0.1, -0.05) is 32.1 Å². The topological polar surface area (TPSA) is 26.3 Å². The lowest BCUT2D eigenvalue weighted by molar-refractivity contribution is -0.144. The number of carbonyl (C=O) groups is 1. The average Bonchev–Trinajstić information content (AvgIpc) is 3.03. The monoisotopic (exact) mass is 222 g/mol. The van der Waals surface area contributed by atoms with Crippen molar-refractivity contribution < 1.29 is 9.53 Å².